The van der Waals surface area contributed by atoms with Crippen molar-refractivity contribution < 1.29 is 19.8 Å². The summed E-state index contributed by atoms with van der Waals surface area (Å²) in [5, 5.41) is 25.7. The molecule has 3 aromatic rings. The van der Waals surface area contributed by atoms with Gasteiger partial charge in [0.05, 0.1) is 11.4 Å². The summed E-state index contributed by atoms with van der Waals surface area (Å²) >= 11 is 11.9. The average molecular weight is 485 g/mol. The monoisotopic (exact) mass is 484 g/mol. The molecule has 0 unspecified atom stereocenters. The number of anilines is 2. The third-order valence-corrected chi connectivity index (χ3v) is 5.29. The van der Waals surface area contributed by atoms with Crippen molar-refractivity contribution >= 4 is 52.5 Å². The second-order valence-corrected chi connectivity index (χ2v) is 8.48. The van der Waals surface area contributed by atoms with Crippen molar-refractivity contribution in [1.29, 1.82) is 0 Å². The minimum Gasteiger partial charge on any atom is -0.506 e. The Hall–Kier alpha value is -3.48. The standard InChI is InChI=1S/C25H22Cl2N2O4/c1-14(2)16-5-3-15(4-6-16)11-19(24(32)28-20-12-17(26)7-9-22(20)30)25(33)29-21-13-18(27)8-10-23(21)31/h3-14,30-31H,1-2H3,(H,28,32)(H,29,33). The maximum atomic E-state index is 13.1. The topological polar surface area (TPSA) is 98.7 Å². The van der Waals surface area contributed by atoms with Gasteiger partial charge in [-0.25, -0.2) is 0 Å². The molecule has 0 heterocycles. The van der Waals surface area contributed by atoms with E-state index in [1.165, 1.54) is 42.5 Å². The average Bonchev–Trinajstić information content (AvgIpc) is 2.77. The normalized spacial score (nSPS) is 10.6. The Morgan fingerprint density at radius 1 is 0.788 bits per heavy atom. The smallest absolute Gasteiger partial charge is 0.261 e. The molecule has 0 fully saturated rings. The predicted molar refractivity (Wildman–Crippen MR) is 132 cm³/mol. The van der Waals surface area contributed by atoms with E-state index in [9.17, 15) is 19.8 Å². The minimum atomic E-state index is -0.778. The third-order valence-electron chi connectivity index (χ3n) is 4.82. The zero-order valence-corrected chi connectivity index (χ0v) is 19.4. The van der Waals surface area contributed by atoms with Gasteiger partial charge in [0.15, 0.2) is 0 Å². The van der Waals surface area contributed by atoms with Crippen LogP contribution in [0.4, 0.5) is 11.4 Å². The van der Waals surface area contributed by atoms with Gasteiger partial charge in [-0.05, 0) is 59.5 Å². The summed E-state index contributed by atoms with van der Waals surface area (Å²) in [5.41, 5.74) is 1.56. The summed E-state index contributed by atoms with van der Waals surface area (Å²) in [6.07, 6.45) is 1.41. The van der Waals surface area contributed by atoms with Crippen LogP contribution in [0.3, 0.4) is 0 Å². The maximum absolute atomic E-state index is 13.1. The van der Waals surface area contributed by atoms with E-state index in [0.29, 0.717) is 21.5 Å². The summed E-state index contributed by atoms with van der Waals surface area (Å²) in [6, 6.07) is 15.7. The third kappa shape index (κ3) is 6.28. The van der Waals surface area contributed by atoms with Crippen LogP contribution >= 0.6 is 23.2 Å². The highest BCUT2D eigenvalue weighted by Gasteiger charge is 2.21. The van der Waals surface area contributed by atoms with E-state index < -0.39 is 11.8 Å². The summed E-state index contributed by atoms with van der Waals surface area (Å²) < 4.78 is 0. The molecule has 170 valence electrons. The number of phenols is 2. The first kappa shape index (κ1) is 24.2. The van der Waals surface area contributed by atoms with Gasteiger partial charge in [0, 0.05) is 10.0 Å². The molecule has 8 heteroatoms. The quantitative estimate of drug-likeness (QED) is 0.145. The Labute approximate surface area is 201 Å². The van der Waals surface area contributed by atoms with Gasteiger partial charge in [-0.1, -0.05) is 61.3 Å². The molecule has 3 rings (SSSR count). The molecule has 0 aliphatic rings. The molecule has 0 saturated heterocycles. The van der Waals surface area contributed by atoms with E-state index in [1.807, 2.05) is 12.1 Å². The van der Waals surface area contributed by atoms with Gasteiger partial charge in [-0.2, -0.15) is 0 Å². The molecule has 0 bridgehead atoms. The number of amides is 2. The first-order chi connectivity index (χ1) is 15.6. The molecule has 0 atom stereocenters. The molecular weight excluding hydrogens is 463 g/mol. The van der Waals surface area contributed by atoms with Gasteiger partial charge in [0.1, 0.15) is 17.1 Å². The van der Waals surface area contributed by atoms with Gasteiger partial charge >= 0.3 is 0 Å². The lowest BCUT2D eigenvalue weighted by Gasteiger charge is -2.13. The fourth-order valence-electron chi connectivity index (χ4n) is 2.97. The van der Waals surface area contributed by atoms with Crippen molar-refractivity contribution in [3.63, 3.8) is 0 Å². The lowest BCUT2D eigenvalue weighted by molar-refractivity contribution is -0.118. The molecule has 0 aliphatic heterocycles. The molecule has 3 aromatic carbocycles. The van der Waals surface area contributed by atoms with E-state index in [2.05, 4.69) is 24.5 Å². The van der Waals surface area contributed by atoms with E-state index in [-0.39, 0.29) is 28.4 Å². The van der Waals surface area contributed by atoms with Crippen LogP contribution in [0.15, 0.2) is 66.2 Å². The molecule has 0 aromatic heterocycles. The van der Waals surface area contributed by atoms with Gasteiger partial charge in [0.2, 0.25) is 0 Å². The van der Waals surface area contributed by atoms with Crippen LogP contribution in [-0.2, 0) is 9.59 Å². The largest absolute Gasteiger partial charge is 0.506 e. The van der Waals surface area contributed by atoms with Crippen molar-refractivity contribution in [2.75, 3.05) is 10.6 Å². The number of carbonyl (C=O) groups excluding carboxylic acids is 2. The molecule has 6 nitrogen and oxygen atoms in total. The molecule has 33 heavy (non-hydrogen) atoms. The lowest BCUT2D eigenvalue weighted by atomic mass is 10.0. The van der Waals surface area contributed by atoms with Gasteiger partial charge < -0.3 is 20.8 Å². The highest BCUT2D eigenvalue weighted by atomic mass is 35.5. The maximum Gasteiger partial charge on any atom is 0.261 e. The van der Waals surface area contributed by atoms with Crippen LogP contribution in [0.2, 0.25) is 10.0 Å². The van der Waals surface area contributed by atoms with Crippen molar-refractivity contribution in [2.24, 2.45) is 0 Å². The van der Waals surface area contributed by atoms with Crippen LogP contribution in [0.25, 0.3) is 6.08 Å². The van der Waals surface area contributed by atoms with Crippen LogP contribution in [0, 0.1) is 0 Å². The first-order valence-corrected chi connectivity index (χ1v) is 10.8. The highest BCUT2D eigenvalue weighted by molar-refractivity contribution is 6.32. The zero-order valence-electron chi connectivity index (χ0n) is 17.9. The highest BCUT2D eigenvalue weighted by Crippen LogP contribution is 2.29. The Morgan fingerprint density at radius 2 is 1.24 bits per heavy atom. The lowest BCUT2D eigenvalue weighted by Crippen LogP contribution is -2.25. The fourth-order valence-corrected chi connectivity index (χ4v) is 3.32. The Balaban J connectivity index is 1.97. The minimum absolute atomic E-state index is 0.0481. The number of phenolic OH excluding ortho intramolecular Hbond substituents is 2. The number of rotatable bonds is 6. The molecule has 0 radical (unpaired) electrons. The number of aromatic hydroxyl groups is 2. The fraction of sp³-hybridized carbons (Fsp3) is 0.120. The number of carbonyl (C=O) groups is 2. The van der Waals surface area contributed by atoms with E-state index in [0.717, 1.165) is 5.56 Å². The molecule has 4 N–H and O–H groups in total. The second-order valence-electron chi connectivity index (χ2n) is 7.61. The van der Waals surface area contributed by atoms with Crippen molar-refractivity contribution in [3.05, 3.63) is 87.4 Å². The second kappa shape index (κ2) is 10.4. The number of nitrogens with one attached hydrogen (secondary N) is 2. The molecule has 2 amide bonds. The van der Waals surface area contributed by atoms with E-state index >= 15 is 0 Å². The van der Waals surface area contributed by atoms with Crippen LogP contribution in [0.1, 0.15) is 30.9 Å². The summed E-state index contributed by atoms with van der Waals surface area (Å²) in [6.45, 7) is 4.12. The predicted octanol–water partition coefficient (Wildman–Crippen LogP) is 6.19. The van der Waals surface area contributed by atoms with Crippen LogP contribution < -0.4 is 10.6 Å². The van der Waals surface area contributed by atoms with E-state index in [1.54, 1.807) is 12.1 Å². The summed E-state index contributed by atoms with van der Waals surface area (Å²) in [7, 11) is 0. The van der Waals surface area contributed by atoms with E-state index in [4.69, 9.17) is 23.2 Å². The van der Waals surface area contributed by atoms with Crippen molar-refractivity contribution in [1.82, 2.24) is 0 Å². The van der Waals surface area contributed by atoms with Gasteiger partial charge in [-0.15, -0.1) is 0 Å². The van der Waals surface area contributed by atoms with Gasteiger partial charge in [0.25, 0.3) is 11.8 Å². The zero-order chi connectivity index (χ0) is 24.1. The SMILES string of the molecule is CC(C)c1ccc(C=C(C(=O)Nc2cc(Cl)ccc2O)C(=O)Nc2cc(Cl)ccc2O)cc1. The molecule has 0 saturated carbocycles. The van der Waals surface area contributed by atoms with Crippen molar-refractivity contribution in [3.8, 4) is 11.5 Å². The van der Waals surface area contributed by atoms with Crippen LogP contribution in [0.5, 0.6) is 11.5 Å². The molecule has 0 aliphatic carbocycles. The van der Waals surface area contributed by atoms with Crippen LogP contribution in [-0.4, -0.2) is 22.0 Å². The van der Waals surface area contributed by atoms with Crippen molar-refractivity contribution in [2.45, 2.75) is 19.8 Å². The number of hydrogen-bond donors (Lipinski definition) is 4. The van der Waals surface area contributed by atoms with Gasteiger partial charge in [-0.3, -0.25) is 9.59 Å². The summed E-state index contributed by atoms with van der Waals surface area (Å²) in [4.78, 5) is 26.1. The Morgan fingerprint density at radius 3 is 1.67 bits per heavy atom. The Bertz CT molecular complexity index is 1150. The number of halogens is 2. The molecule has 0 spiro atoms. The Kier molecular flexibility index (Phi) is 7.63. The number of hydrogen-bond acceptors (Lipinski definition) is 4. The first-order valence-electron chi connectivity index (χ1n) is 10.1. The number of benzene rings is 3. The molecular formula is C25H22Cl2N2O4. The summed E-state index contributed by atoms with van der Waals surface area (Å²) in [5.74, 6) is -1.65.